The SMILES string of the molecule is COc1ccc(C(=O)NC(C(=O)N2CCC3CCC(C2)N3)c2ccccc2)cc1. The Hall–Kier alpha value is -2.86. The van der Waals surface area contributed by atoms with Crippen LogP contribution >= 0.6 is 0 Å². The molecule has 0 radical (unpaired) electrons. The second-order valence-corrected chi connectivity index (χ2v) is 7.76. The van der Waals surface area contributed by atoms with E-state index in [1.165, 1.54) is 6.42 Å². The van der Waals surface area contributed by atoms with Gasteiger partial charge in [0.05, 0.1) is 7.11 Å². The van der Waals surface area contributed by atoms with E-state index in [4.69, 9.17) is 4.74 Å². The first-order chi connectivity index (χ1) is 14.1. The van der Waals surface area contributed by atoms with Crippen LogP contribution in [0.2, 0.25) is 0 Å². The number of carbonyl (C=O) groups is 2. The molecule has 2 heterocycles. The van der Waals surface area contributed by atoms with Gasteiger partial charge in [-0.05, 0) is 49.1 Å². The molecule has 0 aliphatic carbocycles. The van der Waals surface area contributed by atoms with E-state index in [9.17, 15) is 9.59 Å². The highest BCUT2D eigenvalue weighted by Gasteiger charge is 2.34. The molecule has 2 aromatic rings. The van der Waals surface area contributed by atoms with E-state index in [0.717, 1.165) is 24.9 Å². The highest BCUT2D eigenvalue weighted by Crippen LogP contribution is 2.24. The second-order valence-electron chi connectivity index (χ2n) is 7.76. The smallest absolute Gasteiger partial charge is 0.252 e. The zero-order valence-corrected chi connectivity index (χ0v) is 16.6. The summed E-state index contributed by atoms with van der Waals surface area (Å²) >= 11 is 0. The van der Waals surface area contributed by atoms with Crippen LogP contribution in [0.1, 0.15) is 41.2 Å². The molecular formula is C23H27N3O3. The lowest BCUT2D eigenvalue weighted by atomic mass is 10.0. The molecular weight excluding hydrogens is 366 g/mol. The standard InChI is InChI=1S/C23H27N3O3/c1-29-20-11-7-17(8-12-20)22(27)25-21(16-5-3-2-4-6-16)23(28)26-14-13-18-9-10-19(15-26)24-18/h2-8,11-12,18-19,21,24H,9-10,13-15H2,1H3,(H,25,27). The Morgan fingerprint density at radius 2 is 1.76 bits per heavy atom. The highest BCUT2D eigenvalue weighted by molar-refractivity contribution is 5.98. The fourth-order valence-corrected chi connectivity index (χ4v) is 4.22. The fourth-order valence-electron chi connectivity index (χ4n) is 4.22. The Morgan fingerprint density at radius 3 is 2.48 bits per heavy atom. The molecule has 2 bridgehead atoms. The predicted octanol–water partition coefficient (Wildman–Crippen LogP) is 2.52. The lowest BCUT2D eigenvalue weighted by molar-refractivity contribution is -0.133. The number of hydrogen-bond acceptors (Lipinski definition) is 4. The summed E-state index contributed by atoms with van der Waals surface area (Å²) in [5, 5.41) is 6.56. The van der Waals surface area contributed by atoms with Crippen molar-refractivity contribution in [3.05, 3.63) is 65.7 Å². The molecule has 29 heavy (non-hydrogen) atoms. The molecule has 6 heteroatoms. The van der Waals surface area contributed by atoms with E-state index in [2.05, 4.69) is 10.6 Å². The molecule has 0 saturated carbocycles. The van der Waals surface area contributed by atoms with Crippen LogP contribution < -0.4 is 15.4 Å². The van der Waals surface area contributed by atoms with Crippen molar-refractivity contribution in [2.45, 2.75) is 37.4 Å². The van der Waals surface area contributed by atoms with E-state index in [-0.39, 0.29) is 11.8 Å². The van der Waals surface area contributed by atoms with Crippen molar-refractivity contribution in [1.29, 1.82) is 0 Å². The Kier molecular flexibility index (Phi) is 5.81. The van der Waals surface area contributed by atoms with Gasteiger partial charge in [-0.3, -0.25) is 9.59 Å². The van der Waals surface area contributed by atoms with Crippen molar-refractivity contribution >= 4 is 11.8 Å². The van der Waals surface area contributed by atoms with Crippen LogP contribution in [-0.4, -0.2) is 49.0 Å². The molecule has 2 aliphatic heterocycles. The van der Waals surface area contributed by atoms with Crippen molar-refractivity contribution in [2.24, 2.45) is 0 Å². The molecule has 3 unspecified atom stereocenters. The van der Waals surface area contributed by atoms with Crippen LogP contribution in [0.25, 0.3) is 0 Å². The van der Waals surface area contributed by atoms with Crippen LogP contribution in [0.3, 0.4) is 0 Å². The molecule has 2 aliphatic rings. The van der Waals surface area contributed by atoms with Gasteiger partial charge in [-0.15, -0.1) is 0 Å². The first-order valence-electron chi connectivity index (χ1n) is 10.2. The predicted molar refractivity (Wildman–Crippen MR) is 111 cm³/mol. The molecule has 2 saturated heterocycles. The van der Waals surface area contributed by atoms with E-state index >= 15 is 0 Å². The molecule has 2 amide bonds. The van der Waals surface area contributed by atoms with Crippen LogP contribution in [0.4, 0.5) is 0 Å². The number of nitrogens with zero attached hydrogens (tertiary/aromatic N) is 1. The third-order valence-electron chi connectivity index (χ3n) is 5.84. The number of rotatable bonds is 5. The largest absolute Gasteiger partial charge is 0.497 e. The molecule has 0 aromatic heterocycles. The Balaban J connectivity index is 1.54. The normalized spacial score (nSPS) is 21.9. The van der Waals surface area contributed by atoms with Crippen LogP contribution in [-0.2, 0) is 4.79 Å². The maximum atomic E-state index is 13.5. The van der Waals surface area contributed by atoms with Gasteiger partial charge < -0.3 is 20.3 Å². The number of fused-ring (bicyclic) bond motifs is 2. The van der Waals surface area contributed by atoms with E-state index in [1.807, 2.05) is 35.2 Å². The molecule has 6 nitrogen and oxygen atoms in total. The number of methoxy groups -OCH3 is 1. The third kappa shape index (κ3) is 4.43. The maximum Gasteiger partial charge on any atom is 0.252 e. The van der Waals surface area contributed by atoms with Crippen molar-refractivity contribution in [3.63, 3.8) is 0 Å². The first-order valence-corrected chi connectivity index (χ1v) is 10.2. The monoisotopic (exact) mass is 393 g/mol. The third-order valence-corrected chi connectivity index (χ3v) is 5.84. The summed E-state index contributed by atoms with van der Waals surface area (Å²) in [5.41, 5.74) is 1.29. The van der Waals surface area contributed by atoms with E-state index < -0.39 is 6.04 Å². The molecule has 4 rings (SSSR count). The summed E-state index contributed by atoms with van der Waals surface area (Å²) in [6.45, 7) is 1.41. The average molecular weight is 393 g/mol. The lowest BCUT2D eigenvalue weighted by Gasteiger charge is -2.29. The van der Waals surface area contributed by atoms with Gasteiger partial charge in [-0.1, -0.05) is 30.3 Å². The minimum Gasteiger partial charge on any atom is -0.497 e. The molecule has 2 aromatic carbocycles. The highest BCUT2D eigenvalue weighted by atomic mass is 16.5. The summed E-state index contributed by atoms with van der Waals surface area (Å²) in [5.74, 6) is 0.362. The summed E-state index contributed by atoms with van der Waals surface area (Å²) in [4.78, 5) is 28.2. The quantitative estimate of drug-likeness (QED) is 0.819. The Labute approximate surface area is 171 Å². The molecule has 152 valence electrons. The minimum absolute atomic E-state index is 0.0487. The molecule has 2 fully saturated rings. The first kappa shape index (κ1) is 19.5. The summed E-state index contributed by atoms with van der Waals surface area (Å²) in [7, 11) is 1.59. The van der Waals surface area contributed by atoms with Crippen molar-refractivity contribution in [3.8, 4) is 5.75 Å². The topological polar surface area (TPSA) is 70.7 Å². The number of nitrogens with one attached hydrogen (secondary N) is 2. The average Bonchev–Trinajstić information content (AvgIpc) is 3.10. The number of amides is 2. The zero-order valence-electron chi connectivity index (χ0n) is 16.6. The summed E-state index contributed by atoms with van der Waals surface area (Å²) < 4.78 is 5.15. The van der Waals surface area contributed by atoms with Crippen LogP contribution in [0.15, 0.2) is 54.6 Å². The van der Waals surface area contributed by atoms with Gasteiger partial charge in [-0.25, -0.2) is 0 Å². The minimum atomic E-state index is -0.706. The molecule has 3 atom stereocenters. The van der Waals surface area contributed by atoms with Gasteiger partial charge in [0.2, 0.25) is 5.91 Å². The van der Waals surface area contributed by atoms with Gasteiger partial charge in [0.1, 0.15) is 11.8 Å². The molecule has 2 N–H and O–H groups in total. The Bertz CT molecular complexity index is 853. The van der Waals surface area contributed by atoms with Gasteiger partial charge >= 0.3 is 0 Å². The Morgan fingerprint density at radius 1 is 1.03 bits per heavy atom. The van der Waals surface area contributed by atoms with Gasteiger partial charge in [0.15, 0.2) is 0 Å². The molecule has 0 spiro atoms. The number of likely N-dealkylation sites (tertiary alicyclic amines) is 1. The zero-order chi connectivity index (χ0) is 20.2. The van der Waals surface area contributed by atoms with Crippen LogP contribution in [0.5, 0.6) is 5.75 Å². The number of ether oxygens (including phenoxy) is 1. The number of carbonyl (C=O) groups excluding carboxylic acids is 2. The fraction of sp³-hybridized carbons (Fsp3) is 0.391. The number of hydrogen-bond donors (Lipinski definition) is 2. The van der Waals surface area contributed by atoms with Crippen molar-refractivity contribution < 1.29 is 14.3 Å². The lowest BCUT2D eigenvalue weighted by Crippen LogP contribution is -2.46. The van der Waals surface area contributed by atoms with Gasteiger partial charge in [0.25, 0.3) is 5.91 Å². The number of benzene rings is 2. The summed E-state index contributed by atoms with van der Waals surface area (Å²) in [6, 6.07) is 16.5. The van der Waals surface area contributed by atoms with Crippen molar-refractivity contribution in [1.82, 2.24) is 15.5 Å². The van der Waals surface area contributed by atoms with E-state index in [0.29, 0.717) is 29.9 Å². The van der Waals surface area contributed by atoms with Crippen LogP contribution in [0, 0.1) is 0 Å². The van der Waals surface area contributed by atoms with Crippen molar-refractivity contribution in [2.75, 3.05) is 20.2 Å². The van der Waals surface area contributed by atoms with Gasteiger partial charge in [0, 0.05) is 30.7 Å². The summed E-state index contributed by atoms with van der Waals surface area (Å²) in [6.07, 6.45) is 3.24. The van der Waals surface area contributed by atoms with Gasteiger partial charge in [-0.2, -0.15) is 0 Å². The second kappa shape index (κ2) is 8.66. The van der Waals surface area contributed by atoms with E-state index in [1.54, 1.807) is 31.4 Å². The maximum absolute atomic E-state index is 13.5.